The van der Waals surface area contributed by atoms with Crippen LogP contribution in [0.4, 0.5) is 0 Å². The average Bonchev–Trinajstić information content (AvgIpc) is 3.14. The predicted octanol–water partition coefficient (Wildman–Crippen LogP) is 5.16. The number of hydrogen-bond acceptors (Lipinski definition) is 5. The average molecular weight is 396 g/mol. The Morgan fingerprint density at radius 2 is 1.93 bits per heavy atom. The first kappa shape index (κ1) is 17.5. The molecule has 1 N–H and O–H groups in total. The van der Waals surface area contributed by atoms with Gasteiger partial charge in [0.15, 0.2) is 0 Å². The first-order chi connectivity index (χ1) is 13.1. The van der Waals surface area contributed by atoms with Gasteiger partial charge in [0.25, 0.3) is 5.91 Å². The maximum atomic E-state index is 11.7. The number of carbonyl (C=O) groups is 1. The van der Waals surface area contributed by atoms with Crippen LogP contribution in [-0.4, -0.2) is 22.9 Å². The molecule has 0 saturated carbocycles. The van der Waals surface area contributed by atoms with Crippen LogP contribution in [0.5, 0.6) is 11.5 Å². The van der Waals surface area contributed by atoms with E-state index in [9.17, 15) is 4.79 Å². The molecule has 3 heterocycles. The highest BCUT2D eigenvalue weighted by Gasteiger charge is 2.12. The van der Waals surface area contributed by atoms with Crippen LogP contribution in [-0.2, 0) is 0 Å². The Balaban J connectivity index is 1.68. The molecule has 3 aromatic heterocycles. The highest BCUT2D eigenvalue weighted by Crippen LogP contribution is 2.39. The monoisotopic (exact) mass is 395 g/mol. The third-order valence-corrected chi connectivity index (χ3v) is 5.37. The van der Waals surface area contributed by atoms with Crippen molar-refractivity contribution in [1.29, 1.82) is 0 Å². The van der Waals surface area contributed by atoms with Crippen LogP contribution in [0.2, 0.25) is 5.15 Å². The fourth-order valence-electron chi connectivity index (χ4n) is 2.62. The van der Waals surface area contributed by atoms with Crippen LogP contribution < -0.4 is 10.1 Å². The summed E-state index contributed by atoms with van der Waals surface area (Å²) in [6.45, 7) is 0. The summed E-state index contributed by atoms with van der Waals surface area (Å²) < 4.78 is 6.90. The smallest absolute Gasteiger partial charge is 0.251 e. The van der Waals surface area contributed by atoms with Gasteiger partial charge in [0.05, 0.1) is 16.4 Å². The Labute approximate surface area is 164 Å². The second-order valence-electron chi connectivity index (χ2n) is 5.71. The van der Waals surface area contributed by atoms with E-state index in [1.54, 1.807) is 42.9 Å². The van der Waals surface area contributed by atoms with E-state index in [2.05, 4.69) is 15.3 Å². The van der Waals surface area contributed by atoms with Crippen molar-refractivity contribution >= 4 is 39.1 Å². The largest absolute Gasteiger partial charge is 0.454 e. The first-order valence-electron chi connectivity index (χ1n) is 8.14. The molecule has 1 aromatic carbocycles. The number of aromatic nitrogens is 2. The van der Waals surface area contributed by atoms with Crippen LogP contribution in [0.25, 0.3) is 20.7 Å². The zero-order valence-corrected chi connectivity index (χ0v) is 15.8. The summed E-state index contributed by atoms with van der Waals surface area (Å²) in [6.07, 6.45) is 3.30. The lowest BCUT2D eigenvalue weighted by Crippen LogP contribution is -2.17. The second-order valence-corrected chi connectivity index (χ2v) is 7.15. The molecule has 27 heavy (non-hydrogen) atoms. The minimum Gasteiger partial charge on any atom is -0.454 e. The molecule has 0 unspecified atom stereocenters. The highest BCUT2D eigenvalue weighted by atomic mass is 35.5. The molecule has 0 spiro atoms. The molecule has 7 heteroatoms. The van der Waals surface area contributed by atoms with E-state index in [-0.39, 0.29) is 5.91 Å². The number of nitrogens with one attached hydrogen (secondary N) is 1. The topological polar surface area (TPSA) is 64.1 Å². The molecule has 5 nitrogen and oxygen atoms in total. The molecule has 4 rings (SSSR count). The van der Waals surface area contributed by atoms with Gasteiger partial charge in [-0.15, -0.1) is 11.3 Å². The van der Waals surface area contributed by atoms with E-state index in [4.69, 9.17) is 16.3 Å². The molecule has 0 aliphatic rings. The van der Waals surface area contributed by atoms with Gasteiger partial charge in [-0.3, -0.25) is 9.78 Å². The summed E-state index contributed by atoms with van der Waals surface area (Å²) in [5.41, 5.74) is 2.49. The molecule has 0 fully saturated rings. The van der Waals surface area contributed by atoms with Crippen molar-refractivity contribution in [2.75, 3.05) is 7.05 Å². The molecule has 134 valence electrons. The fourth-order valence-corrected chi connectivity index (χ4v) is 3.80. The lowest BCUT2D eigenvalue weighted by atomic mass is 10.1. The van der Waals surface area contributed by atoms with E-state index in [1.165, 1.54) is 0 Å². The molecule has 0 saturated heterocycles. The molecule has 0 radical (unpaired) electrons. The van der Waals surface area contributed by atoms with Gasteiger partial charge in [-0.25, -0.2) is 4.98 Å². The molecule has 0 atom stereocenters. The molecule has 0 bridgehead atoms. The lowest BCUT2D eigenvalue weighted by molar-refractivity contribution is 0.0963. The van der Waals surface area contributed by atoms with Gasteiger partial charge in [-0.05, 0) is 35.9 Å². The van der Waals surface area contributed by atoms with Gasteiger partial charge in [0.2, 0.25) is 0 Å². The van der Waals surface area contributed by atoms with E-state index in [0.717, 1.165) is 20.7 Å². The lowest BCUT2D eigenvalue weighted by Gasteiger charge is -2.05. The van der Waals surface area contributed by atoms with Crippen LogP contribution in [0.3, 0.4) is 0 Å². The van der Waals surface area contributed by atoms with E-state index in [0.29, 0.717) is 22.2 Å². The van der Waals surface area contributed by atoms with Crippen molar-refractivity contribution in [3.8, 4) is 21.9 Å². The molecule has 4 aromatic rings. The Morgan fingerprint density at radius 1 is 1.11 bits per heavy atom. The Kier molecular flexibility index (Phi) is 4.75. The van der Waals surface area contributed by atoms with Crippen molar-refractivity contribution in [2.45, 2.75) is 0 Å². The number of amides is 1. The number of carbonyl (C=O) groups excluding carboxylic acids is 1. The maximum absolute atomic E-state index is 11.7. The van der Waals surface area contributed by atoms with Crippen molar-refractivity contribution in [2.24, 2.45) is 0 Å². The number of rotatable bonds is 4. The number of halogens is 1. The quantitative estimate of drug-likeness (QED) is 0.484. The van der Waals surface area contributed by atoms with Crippen LogP contribution in [0.15, 0.2) is 60.9 Å². The van der Waals surface area contributed by atoms with Crippen molar-refractivity contribution in [3.63, 3.8) is 0 Å². The Hall–Kier alpha value is -2.96. The Bertz CT molecular complexity index is 1110. The van der Waals surface area contributed by atoms with Crippen LogP contribution in [0.1, 0.15) is 10.4 Å². The van der Waals surface area contributed by atoms with Crippen molar-refractivity contribution < 1.29 is 9.53 Å². The molecular weight excluding hydrogens is 382 g/mol. The standard InChI is InChI=1S/C20H14ClN3O2S/c1-22-20(25)13-4-2-12(3-5-13)17-10-15-19(27-17)16(8-9-23-15)26-14-6-7-18(21)24-11-14/h2-11H,1H3,(H,22,25). The number of hydrogen-bond donors (Lipinski definition) is 1. The third kappa shape index (κ3) is 3.63. The van der Waals surface area contributed by atoms with E-state index < -0.39 is 0 Å². The number of ether oxygens (including phenoxy) is 1. The van der Waals surface area contributed by atoms with E-state index in [1.807, 2.05) is 36.4 Å². The molecular formula is C20H14ClN3O2S. The number of benzene rings is 1. The summed E-state index contributed by atoms with van der Waals surface area (Å²) >= 11 is 7.41. The summed E-state index contributed by atoms with van der Waals surface area (Å²) in [4.78, 5) is 21.2. The maximum Gasteiger partial charge on any atom is 0.251 e. The van der Waals surface area contributed by atoms with Gasteiger partial charge in [0, 0.05) is 29.8 Å². The van der Waals surface area contributed by atoms with Gasteiger partial charge < -0.3 is 10.1 Å². The van der Waals surface area contributed by atoms with Gasteiger partial charge in [-0.2, -0.15) is 0 Å². The van der Waals surface area contributed by atoms with Gasteiger partial charge in [-0.1, -0.05) is 23.7 Å². The number of fused-ring (bicyclic) bond motifs is 1. The summed E-state index contributed by atoms with van der Waals surface area (Å²) in [5.74, 6) is 1.21. The number of nitrogens with zero attached hydrogens (tertiary/aromatic N) is 2. The summed E-state index contributed by atoms with van der Waals surface area (Å²) in [5, 5.41) is 3.04. The third-order valence-electron chi connectivity index (χ3n) is 3.96. The fraction of sp³-hybridized carbons (Fsp3) is 0.0500. The normalized spacial score (nSPS) is 10.7. The molecule has 1 amide bonds. The predicted molar refractivity (Wildman–Crippen MR) is 108 cm³/mol. The minimum atomic E-state index is -0.105. The van der Waals surface area contributed by atoms with Gasteiger partial charge >= 0.3 is 0 Å². The highest BCUT2D eigenvalue weighted by molar-refractivity contribution is 7.22. The first-order valence-corrected chi connectivity index (χ1v) is 9.34. The zero-order chi connectivity index (χ0) is 18.8. The van der Waals surface area contributed by atoms with Crippen LogP contribution >= 0.6 is 22.9 Å². The number of thiophene rings is 1. The van der Waals surface area contributed by atoms with Crippen molar-refractivity contribution in [1.82, 2.24) is 15.3 Å². The van der Waals surface area contributed by atoms with Gasteiger partial charge in [0.1, 0.15) is 16.7 Å². The van der Waals surface area contributed by atoms with Crippen molar-refractivity contribution in [3.05, 3.63) is 71.6 Å². The minimum absolute atomic E-state index is 0.105. The zero-order valence-electron chi connectivity index (χ0n) is 14.3. The molecule has 0 aliphatic carbocycles. The van der Waals surface area contributed by atoms with E-state index >= 15 is 0 Å². The Morgan fingerprint density at radius 3 is 2.63 bits per heavy atom. The number of pyridine rings is 2. The van der Waals surface area contributed by atoms with Crippen LogP contribution in [0, 0.1) is 0 Å². The summed E-state index contributed by atoms with van der Waals surface area (Å²) in [6, 6.07) is 14.8. The second kappa shape index (κ2) is 7.34. The molecule has 0 aliphatic heterocycles. The SMILES string of the molecule is CNC(=O)c1ccc(-c2cc3nccc(Oc4ccc(Cl)nc4)c3s2)cc1. The summed E-state index contributed by atoms with van der Waals surface area (Å²) in [7, 11) is 1.62.